The minimum Gasteiger partial charge on any atom is -0.394 e. The molecule has 1 aromatic carbocycles. The average molecular weight is 433 g/mol. The Morgan fingerprint density at radius 1 is 1.22 bits per heavy atom. The topological polar surface area (TPSA) is 87.6 Å². The lowest BCUT2D eigenvalue weighted by Crippen LogP contribution is -2.34. The highest BCUT2D eigenvalue weighted by Crippen LogP contribution is 2.51. The third-order valence-corrected chi connectivity index (χ3v) is 6.51. The molecular weight excluding hydrogens is 404 g/mol. The molecule has 2 aromatic heterocycles. The van der Waals surface area contributed by atoms with Gasteiger partial charge in [0, 0.05) is 61.6 Å². The number of benzene rings is 1. The second-order valence-corrected chi connectivity index (χ2v) is 8.76. The standard InChI is InChI=1S/C25H28N4O3/c1-2-25-26-9-10-29(25)12-19-11-24(32-27-19)18-6-3-17(4-7-18)5-8-21-22-14-28(15-23(21)22)13-20(31)16-30/h3-4,6-7,9-11,20-23,30-31H,2,12-16H2,1H3/t20-,21-,22-,23+/m0/s1. The van der Waals surface area contributed by atoms with Crippen molar-refractivity contribution in [2.24, 2.45) is 17.8 Å². The molecule has 3 aromatic rings. The van der Waals surface area contributed by atoms with Crippen molar-refractivity contribution in [3.63, 3.8) is 0 Å². The molecule has 0 amide bonds. The van der Waals surface area contributed by atoms with E-state index in [1.54, 1.807) is 0 Å². The number of piperidine rings is 1. The van der Waals surface area contributed by atoms with E-state index in [2.05, 4.69) is 38.4 Å². The molecule has 2 aliphatic rings. The van der Waals surface area contributed by atoms with Gasteiger partial charge in [0.2, 0.25) is 0 Å². The first-order valence-corrected chi connectivity index (χ1v) is 11.2. The van der Waals surface area contributed by atoms with Gasteiger partial charge in [-0.15, -0.1) is 0 Å². The molecule has 7 heteroatoms. The van der Waals surface area contributed by atoms with Crippen molar-refractivity contribution >= 4 is 0 Å². The number of hydrogen-bond donors (Lipinski definition) is 2. The van der Waals surface area contributed by atoms with Gasteiger partial charge in [0.25, 0.3) is 0 Å². The zero-order valence-corrected chi connectivity index (χ0v) is 18.2. The second-order valence-electron chi connectivity index (χ2n) is 8.76. The van der Waals surface area contributed by atoms with E-state index in [4.69, 9.17) is 9.63 Å². The second kappa shape index (κ2) is 8.91. The molecule has 1 aliphatic heterocycles. The lowest BCUT2D eigenvalue weighted by molar-refractivity contribution is 0.0622. The van der Waals surface area contributed by atoms with Gasteiger partial charge in [-0.2, -0.15) is 0 Å². The smallest absolute Gasteiger partial charge is 0.167 e. The number of rotatable bonds is 7. The van der Waals surface area contributed by atoms with E-state index in [1.807, 2.05) is 42.7 Å². The summed E-state index contributed by atoms with van der Waals surface area (Å²) in [7, 11) is 0. The van der Waals surface area contributed by atoms with E-state index in [1.165, 1.54) is 0 Å². The number of aryl methyl sites for hydroxylation is 1. The van der Waals surface area contributed by atoms with Crippen molar-refractivity contribution in [2.45, 2.75) is 26.0 Å². The highest BCUT2D eigenvalue weighted by atomic mass is 16.5. The van der Waals surface area contributed by atoms with Crippen molar-refractivity contribution in [2.75, 3.05) is 26.2 Å². The molecule has 32 heavy (non-hydrogen) atoms. The molecule has 0 radical (unpaired) electrons. The Bertz CT molecular complexity index is 1110. The number of hydrogen-bond acceptors (Lipinski definition) is 6. The molecule has 3 heterocycles. The highest BCUT2D eigenvalue weighted by Gasteiger charge is 2.54. The maximum absolute atomic E-state index is 9.59. The van der Waals surface area contributed by atoms with Gasteiger partial charge in [-0.05, 0) is 36.1 Å². The van der Waals surface area contributed by atoms with Crippen LogP contribution in [-0.4, -0.2) is 62.2 Å². The first-order valence-electron chi connectivity index (χ1n) is 11.2. The van der Waals surface area contributed by atoms with Crippen LogP contribution < -0.4 is 0 Å². The molecule has 1 aliphatic carbocycles. The van der Waals surface area contributed by atoms with E-state index in [0.29, 0.717) is 30.8 Å². The van der Waals surface area contributed by atoms with Gasteiger partial charge in [-0.3, -0.25) is 0 Å². The van der Waals surface area contributed by atoms with Gasteiger partial charge in [0.15, 0.2) is 5.76 Å². The summed E-state index contributed by atoms with van der Waals surface area (Å²) in [5.41, 5.74) is 2.85. The molecule has 0 unspecified atom stereocenters. The van der Waals surface area contributed by atoms with Crippen molar-refractivity contribution in [1.82, 2.24) is 19.6 Å². The Labute approximate surface area is 187 Å². The summed E-state index contributed by atoms with van der Waals surface area (Å²) in [6.07, 6.45) is 4.01. The molecular formula is C25H28N4O3. The van der Waals surface area contributed by atoms with Gasteiger partial charge < -0.3 is 24.2 Å². The number of β-amino-alcohol motifs (C(OH)–C–C–N with tert-alkyl or cyclic N) is 1. The molecule has 2 N–H and O–H groups in total. The average Bonchev–Trinajstić information content (AvgIpc) is 3.29. The summed E-state index contributed by atoms with van der Waals surface area (Å²) in [6, 6.07) is 10.1. The van der Waals surface area contributed by atoms with Crippen LogP contribution in [0.25, 0.3) is 11.3 Å². The fourth-order valence-electron chi connectivity index (χ4n) is 4.71. The van der Waals surface area contributed by atoms with Crippen LogP contribution >= 0.6 is 0 Å². The molecule has 166 valence electrons. The Kier molecular flexibility index (Phi) is 5.83. The Balaban J connectivity index is 1.17. The molecule has 7 nitrogen and oxygen atoms in total. The predicted octanol–water partition coefficient (Wildman–Crippen LogP) is 2.03. The highest BCUT2D eigenvalue weighted by molar-refractivity contribution is 5.59. The summed E-state index contributed by atoms with van der Waals surface area (Å²) in [5, 5.41) is 22.8. The van der Waals surface area contributed by atoms with Crippen molar-refractivity contribution in [1.29, 1.82) is 0 Å². The third-order valence-electron chi connectivity index (χ3n) is 6.51. The van der Waals surface area contributed by atoms with Gasteiger partial charge >= 0.3 is 0 Å². The van der Waals surface area contributed by atoms with Crippen LogP contribution in [0.5, 0.6) is 0 Å². The largest absolute Gasteiger partial charge is 0.394 e. The van der Waals surface area contributed by atoms with Gasteiger partial charge in [0.05, 0.1) is 19.3 Å². The number of fused-ring (bicyclic) bond motifs is 1. The summed E-state index contributed by atoms with van der Waals surface area (Å²) in [6.45, 7) is 5.04. The minimum absolute atomic E-state index is 0.176. The van der Waals surface area contributed by atoms with Crippen LogP contribution in [0.2, 0.25) is 0 Å². The number of aromatic nitrogens is 3. The molecule has 0 bridgehead atoms. The first kappa shape index (κ1) is 21.0. The fourth-order valence-corrected chi connectivity index (χ4v) is 4.71. The Hall–Kier alpha value is -2.92. The zero-order valence-electron chi connectivity index (χ0n) is 18.2. The molecule has 2 fully saturated rings. The quantitative estimate of drug-likeness (QED) is 0.556. The fraction of sp³-hybridized carbons (Fsp3) is 0.440. The molecule has 1 saturated carbocycles. The lowest BCUT2D eigenvalue weighted by atomic mass is 10.1. The minimum atomic E-state index is -0.643. The number of nitrogens with zero attached hydrogens (tertiary/aromatic N) is 4. The maximum atomic E-state index is 9.59. The number of aliphatic hydroxyl groups is 2. The van der Waals surface area contributed by atoms with Crippen LogP contribution in [-0.2, 0) is 13.0 Å². The van der Waals surface area contributed by atoms with E-state index >= 15 is 0 Å². The van der Waals surface area contributed by atoms with Crippen molar-refractivity contribution in [3.05, 3.63) is 59.8 Å². The van der Waals surface area contributed by atoms with Crippen LogP contribution in [0.1, 0.15) is 24.0 Å². The molecule has 1 saturated heterocycles. The van der Waals surface area contributed by atoms with Gasteiger partial charge in [-0.1, -0.05) is 23.9 Å². The van der Waals surface area contributed by atoms with Gasteiger partial charge in [-0.25, -0.2) is 4.98 Å². The lowest BCUT2D eigenvalue weighted by Gasteiger charge is -2.20. The first-order chi connectivity index (χ1) is 15.6. The monoisotopic (exact) mass is 432 g/mol. The van der Waals surface area contributed by atoms with Crippen LogP contribution in [0.3, 0.4) is 0 Å². The Morgan fingerprint density at radius 3 is 2.72 bits per heavy atom. The molecule has 0 spiro atoms. The molecule has 5 rings (SSSR count). The maximum Gasteiger partial charge on any atom is 0.167 e. The van der Waals surface area contributed by atoms with Crippen LogP contribution in [0, 0.1) is 29.6 Å². The van der Waals surface area contributed by atoms with Crippen molar-refractivity contribution < 1.29 is 14.7 Å². The van der Waals surface area contributed by atoms with Crippen LogP contribution in [0.4, 0.5) is 0 Å². The molecule has 4 atom stereocenters. The van der Waals surface area contributed by atoms with E-state index in [0.717, 1.165) is 47.9 Å². The van der Waals surface area contributed by atoms with E-state index in [9.17, 15) is 5.11 Å². The van der Waals surface area contributed by atoms with E-state index < -0.39 is 6.10 Å². The summed E-state index contributed by atoms with van der Waals surface area (Å²) >= 11 is 0. The van der Waals surface area contributed by atoms with Crippen LogP contribution in [0.15, 0.2) is 47.2 Å². The zero-order chi connectivity index (χ0) is 22.1. The number of aliphatic hydroxyl groups excluding tert-OH is 2. The summed E-state index contributed by atoms with van der Waals surface area (Å²) < 4.78 is 7.64. The third kappa shape index (κ3) is 4.35. The normalized spacial score (nSPS) is 22.9. The Morgan fingerprint density at radius 2 is 2.00 bits per heavy atom. The van der Waals surface area contributed by atoms with Crippen molar-refractivity contribution in [3.8, 4) is 23.2 Å². The number of likely N-dealkylation sites (tertiary alicyclic amines) is 1. The summed E-state index contributed by atoms with van der Waals surface area (Å²) in [4.78, 5) is 6.57. The summed E-state index contributed by atoms with van der Waals surface area (Å²) in [5.74, 6) is 10.2. The van der Waals surface area contributed by atoms with Gasteiger partial charge in [0.1, 0.15) is 11.5 Å². The van der Waals surface area contributed by atoms with E-state index in [-0.39, 0.29) is 6.61 Å². The number of imidazole rings is 1. The predicted molar refractivity (Wildman–Crippen MR) is 120 cm³/mol. The SMILES string of the molecule is CCc1nccn1Cc1cc(-c2ccc(C#C[C@@H]3[C@H]4CN(C[C@H](O)CO)C[C@@H]34)cc2)on1.